The van der Waals surface area contributed by atoms with Gasteiger partial charge in [-0.05, 0) is 41.3 Å². The van der Waals surface area contributed by atoms with E-state index in [-0.39, 0.29) is 6.04 Å². The van der Waals surface area contributed by atoms with Crippen molar-refractivity contribution in [3.63, 3.8) is 0 Å². The van der Waals surface area contributed by atoms with E-state index in [0.29, 0.717) is 6.42 Å². The lowest BCUT2D eigenvalue weighted by atomic mass is 9.95. The molecule has 2 aromatic carbocycles. The quantitative estimate of drug-likeness (QED) is 0.719. The van der Waals surface area contributed by atoms with Crippen LogP contribution in [0.5, 0.6) is 5.75 Å². The number of likely N-dealkylation sites (tertiary alicyclic amines) is 1. The van der Waals surface area contributed by atoms with Crippen LogP contribution in [0.2, 0.25) is 0 Å². The van der Waals surface area contributed by atoms with Crippen LogP contribution in [0, 0.1) is 0 Å². The average Bonchev–Trinajstić information content (AvgIpc) is 3.31. The molecule has 1 fully saturated rings. The molecule has 26 heavy (non-hydrogen) atoms. The number of hydrogen-bond acceptors (Lipinski definition) is 4. The number of ether oxygens (including phenoxy) is 1. The van der Waals surface area contributed by atoms with E-state index in [0.717, 1.165) is 29.8 Å². The summed E-state index contributed by atoms with van der Waals surface area (Å²) in [5.41, 5.74) is 2.18. The largest absolute Gasteiger partial charge is 0.496 e. The highest BCUT2D eigenvalue weighted by Crippen LogP contribution is 2.43. The van der Waals surface area contributed by atoms with E-state index in [1.165, 1.54) is 10.1 Å². The molecule has 1 N–H and O–H groups in total. The van der Waals surface area contributed by atoms with Crippen LogP contribution in [0.15, 0.2) is 53.9 Å². The van der Waals surface area contributed by atoms with Crippen LogP contribution in [-0.4, -0.2) is 35.7 Å². The van der Waals surface area contributed by atoms with Crippen LogP contribution in [0.3, 0.4) is 0 Å². The first kappa shape index (κ1) is 17.1. The lowest BCUT2D eigenvalue weighted by molar-refractivity contribution is -0.142. The fraction of sp³-hybridized carbons (Fsp3) is 0.286. The molecule has 0 radical (unpaired) electrons. The second-order valence-electron chi connectivity index (χ2n) is 6.57. The van der Waals surface area contributed by atoms with Crippen molar-refractivity contribution >= 4 is 27.4 Å². The summed E-state index contributed by atoms with van der Waals surface area (Å²) in [6.07, 6.45) is 1.58. The molecule has 1 saturated heterocycles. The highest BCUT2D eigenvalue weighted by molar-refractivity contribution is 7.17. The molecule has 0 amide bonds. The van der Waals surface area contributed by atoms with Gasteiger partial charge in [-0.1, -0.05) is 36.4 Å². The number of carboxylic acids is 1. The van der Waals surface area contributed by atoms with Gasteiger partial charge in [0, 0.05) is 16.8 Å². The number of methoxy groups -OCH3 is 1. The van der Waals surface area contributed by atoms with Gasteiger partial charge < -0.3 is 9.84 Å². The molecule has 1 aliphatic rings. The Morgan fingerprint density at radius 3 is 2.77 bits per heavy atom. The number of nitrogens with zero attached hydrogens (tertiary/aromatic N) is 1. The molecule has 0 spiro atoms. The summed E-state index contributed by atoms with van der Waals surface area (Å²) in [5, 5.41) is 13.1. The molecule has 5 heteroatoms. The van der Waals surface area contributed by atoms with E-state index in [9.17, 15) is 9.90 Å². The maximum absolute atomic E-state index is 11.9. The van der Waals surface area contributed by atoms with Gasteiger partial charge in [0.05, 0.1) is 13.2 Å². The van der Waals surface area contributed by atoms with Gasteiger partial charge >= 0.3 is 5.97 Å². The standard InChI is InChI=1S/C21H21NO3S/c1-25-18-10-4-2-8-15(18)20(22-12-6-9-17(22)21(23)24)16-13-26-19-11-5-3-7-14(16)19/h2-5,7-8,10-11,13,17,20H,6,9,12H2,1H3,(H,23,24). The normalized spacial score (nSPS) is 18.9. The molecule has 134 valence electrons. The summed E-state index contributed by atoms with van der Waals surface area (Å²) in [6, 6.07) is 15.6. The van der Waals surface area contributed by atoms with Gasteiger partial charge in [0.25, 0.3) is 0 Å². The molecule has 3 aromatic rings. The first-order chi connectivity index (χ1) is 12.7. The van der Waals surface area contributed by atoms with Crippen molar-refractivity contribution in [2.24, 2.45) is 0 Å². The zero-order chi connectivity index (χ0) is 18.1. The average molecular weight is 367 g/mol. The van der Waals surface area contributed by atoms with Crippen molar-refractivity contribution in [2.45, 2.75) is 24.9 Å². The van der Waals surface area contributed by atoms with Crippen LogP contribution >= 0.6 is 11.3 Å². The number of rotatable bonds is 5. The van der Waals surface area contributed by atoms with E-state index in [1.807, 2.05) is 36.4 Å². The second-order valence-corrected chi connectivity index (χ2v) is 7.48. The summed E-state index contributed by atoms with van der Waals surface area (Å²) in [6.45, 7) is 0.768. The van der Waals surface area contributed by atoms with Crippen molar-refractivity contribution in [2.75, 3.05) is 13.7 Å². The third-order valence-corrected chi connectivity index (χ3v) is 6.13. The van der Waals surface area contributed by atoms with Gasteiger partial charge in [0.1, 0.15) is 11.8 Å². The molecule has 0 aliphatic carbocycles. The Kier molecular flexibility index (Phi) is 4.66. The third-order valence-electron chi connectivity index (χ3n) is 5.15. The molecule has 2 heterocycles. The van der Waals surface area contributed by atoms with E-state index < -0.39 is 12.0 Å². The number of aliphatic carboxylic acids is 1. The minimum absolute atomic E-state index is 0.133. The fourth-order valence-corrected chi connectivity index (χ4v) is 4.97. The number of hydrogen-bond donors (Lipinski definition) is 1. The van der Waals surface area contributed by atoms with Gasteiger partial charge in [-0.15, -0.1) is 11.3 Å². The third kappa shape index (κ3) is 2.87. The van der Waals surface area contributed by atoms with Gasteiger partial charge in [0.2, 0.25) is 0 Å². The Hall–Kier alpha value is -2.37. The Balaban J connectivity index is 1.91. The van der Waals surface area contributed by atoms with E-state index in [1.54, 1.807) is 18.4 Å². The monoisotopic (exact) mass is 367 g/mol. The highest BCUT2D eigenvalue weighted by atomic mass is 32.1. The molecule has 4 rings (SSSR count). The Morgan fingerprint density at radius 1 is 1.19 bits per heavy atom. The smallest absolute Gasteiger partial charge is 0.320 e. The van der Waals surface area contributed by atoms with Crippen molar-refractivity contribution < 1.29 is 14.6 Å². The highest BCUT2D eigenvalue weighted by Gasteiger charge is 2.38. The summed E-state index contributed by atoms with van der Waals surface area (Å²) in [7, 11) is 1.67. The molecule has 0 saturated carbocycles. The maximum atomic E-state index is 11.9. The number of carbonyl (C=O) groups is 1. The molecule has 2 unspecified atom stereocenters. The molecule has 0 bridgehead atoms. The van der Waals surface area contributed by atoms with Crippen molar-refractivity contribution in [1.29, 1.82) is 0 Å². The Morgan fingerprint density at radius 2 is 1.96 bits per heavy atom. The van der Waals surface area contributed by atoms with Crippen molar-refractivity contribution in [3.05, 3.63) is 65.0 Å². The zero-order valence-corrected chi connectivity index (χ0v) is 15.4. The number of carboxylic acid groups (broad SMARTS) is 1. The molecular formula is C21H21NO3S. The maximum Gasteiger partial charge on any atom is 0.320 e. The van der Waals surface area contributed by atoms with Crippen LogP contribution in [0.4, 0.5) is 0 Å². The van der Waals surface area contributed by atoms with Crippen LogP contribution < -0.4 is 4.74 Å². The van der Waals surface area contributed by atoms with Gasteiger partial charge in [-0.25, -0.2) is 0 Å². The fourth-order valence-electron chi connectivity index (χ4n) is 3.99. The van der Waals surface area contributed by atoms with Crippen molar-refractivity contribution in [3.8, 4) is 5.75 Å². The summed E-state index contributed by atoms with van der Waals surface area (Å²) in [4.78, 5) is 14.0. The first-order valence-corrected chi connectivity index (χ1v) is 9.66. The van der Waals surface area contributed by atoms with Crippen LogP contribution in [-0.2, 0) is 4.79 Å². The molecule has 2 atom stereocenters. The van der Waals surface area contributed by atoms with Crippen LogP contribution in [0.25, 0.3) is 10.1 Å². The Bertz CT molecular complexity index is 936. The van der Waals surface area contributed by atoms with Gasteiger partial charge in [-0.2, -0.15) is 0 Å². The summed E-state index contributed by atoms with van der Waals surface area (Å²) in [5.74, 6) is 0.0470. The first-order valence-electron chi connectivity index (χ1n) is 8.78. The van der Waals surface area contributed by atoms with E-state index >= 15 is 0 Å². The SMILES string of the molecule is COc1ccccc1C(c1csc2ccccc12)N1CCCC1C(=O)O. The predicted molar refractivity (Wildman–Crippen MR) is 104 cm³/mol. The molecular weight excluding hydrogens is 346 g/mol. The van der Waals surface area contributed by atoms with Gasteiger partial charge in [0.15, 0.2) is 0 Å². The molecule has 4 nitrogen and oxygen atoms in total. The summed E-state index contributed by atoms with van der Waals surface area (Å²) < 4.78 is 6.84. The predicted octanol–water partition coefficient (Wildman–Crippen LogP) is 4.55. The van der Waals surface area contributed by atoms with Gasteiger partial charge in [-0.3, -0.25) is 9.69 Å². The number of para-hydroxylation sites is 1. The molecule has 1 aliphatic heterocycles. The number of fused-ring (bicyclic) bond motifs is 1. The topological polar surface area (TPSA) is 49.8 Å². The Labute approximate surface area is 156 Å². The lowest BCUT2D eigenvalue weighted by Crippen LogP contribution is -2.39. The van der Waals surface area contributed by atoms with E-state index in [4.69, 9.17) is 4.74 Å². The van der Waals surface area contributed by atoms with Crippen molar-refractivity contribution in [1.82, 2.24) is 4.90 Å². The minimum atomic E-state index is -0.748. The minimum Gasteiger partial charge on any atom is -0.496 e. The number of benzene rings is 2. The number of thiophene rings is 1. The molecule has 1 aromatic heterocycles. The second kappa shape index (κ2) is 7.09. The summed E-state index contributed by atoms with van der Waals surface area (Å²) >= 11 is 1.70. The zero-order valence-electron chi connectivity index (χ0n) is 14.6. The van der Waals surface area contributed by atoms with E-state index in [2.05, 4.69) is 22.4 Å². The lowest BCUT2D eigenvalue weighted by Gasteiger charge is -2.32. The van der Waals surface area contributed by atoms with Crippen LogP contribution in [0.1, 0.15) is 30.0 Å².